The van der Waals surface area contributed by atoms with Gasteiger partial charge in [0.25, 0.3) is 0 Å². The lowest BCUT2D eigenvalue weighted by atomic mass is 9.64. The molecule has 0 amide bonds. The number of fused-ring (bicyclic) bond motifs is 3. The molecule has 5 rings (SSSR count). The smallest absolute Gasteiger partial charge is 0.0654 e. The fraction of sp³-hybridized carbons (Fsp3) is 0.351. The average Bonchev–Trinajstić information content (AvgIpc) is 3.16. The normalized spacial score (nSPS) is 13.5. The molecule has 0 bridgehead atoms. The molecule has 0 spiro atoms. The van der Waals surface area contributed by atoms with E-state index in [2.05, 4.69) is 114 Å². The maximum atomic E-state index is 2.47. The Morgan fingerprint density at radius 1 is 0.514 bits per heavy atom. The van der Waals surface area contributed by atoms with E-state index in [1.807, 2.05) is 0 Å². The highest BCUT2D eigenvalue weighted by atomic mass is 14.5. The molecule has 0 fully saturated rings. The lowest BCUT2D eigenvalue weighted by Gasteiger charge is -2.37. The van der Waals surface area contributed by atoms with E-state index in [0.717, 1.165) is 12.8 Å². The van der Waals surface area contributed by atoms with Gasteiger partial charge in [0, 0.05) is 0 Å². The third-order valence-corrected chi connectivity index (χ3v) is 8.75. The van der Waals surface area contributed by atoms with E-state index in [0.29, 0.717) is 0 Å². The molecule has 0 unspecified atom stereocenters. The average molecular weight is 487 g/mol. The lowest BCUT2D eigenvalue weighted by molar-refractivity contribution is 0.732. The van der Waals surface area contributed by atoms with Crippen molar-refractivity contribution in [3.63, 3.8) is 0 Å². The Hall–Kier alpha value is -3.12. The van der Waals surface area contributed by atoms with Gasteiger partial charge in [-0.1, -0.05) is 111 Å². The molecule has 0 saturated carbocycles. The van der Waals surface area contributed by atoms with Gasteiger partial charge in [-0.2, -0.15) is 0 Å². The molecule has 0 saturated heterocycles. The Balaban J connectivity index is 1.93. The summed E-state index contributed by atoms with van der Waals surface area (Å²) in [5.74, 6) is 0. The van der Waals surface area contributed by atoms with Gasteiger partial charge in [-0.05, 0) is 109 Å². The quantitative estimate of drug-likeness (QED) is 0.205. The molecule has 4 aromatic carbocycles. The third kappa shape index (κ3) is 4.15. The van der Waals surface area contributed by atoms with E-state index < -0.39 is 0 Å². The van der Waals surface area contributed by atoms with Crippen LogP contribution in [-0.2, 0) is 18.3 Å². The number of hydrogen-bond donors (Lipinski definition) is 0. The number of benzene rings is 4. The van der Waals surface area contributed by atoms with Crippen molar-refractivity contribution in [3.8, 4) is 11.1 Å². The van der Waals surface area contributed by atoms with Crippen molar-refractivity contribution in [2.24, 2.45) is 0 Å². The third-order valence-electron chi connectivity index (χ3n) is 8.75. The largest absolute Gasteiger partial charge is 0.0719 e. The Morgan fingerprint density at radius 2 is 0.946 bits per heavy atom. The van der Waals surface area contributed by atoms with Gasteiger partial charge in [-0.3, -0.25) is 0 Å². The van der Waals surface area contributed by atoms with Crippen LogP contribution in [0.3, 0.4) is 0 Å². The Morgan fingerprint density at radius 3 is 1.35 bits per heavy atom. The molecule has 0 nitrogen and oxygen atoms in total. The van der Waals surface area contributed by atoms with Crippen molar-refractivity contribution in [2.75, 3.05) is 0 Å². The summed E-state index contributed by atoms with van der Waals surface area (Å²) in [6, 6.07) is 28.4. The van der Waals surface area contributed by atoms with Crippen LogP contribution in [0, 0.1) is 27.7 Å². The minimum absolute atomic E-state index is 0.318. The van der Waals surface area contributed by atoms with E-state index >= 15 is 0 Å². The summed E-state index contributed by atoms with van der Waals surface area (Å²) in [5, 5.41) is 0. The summed E-state index contributed by atoms with van der Waals surface area (Å²) >= 11 is 0. The Bertz CT molecular complexity index is 1320. The van der Waals surface area contributed by atoms with E-state index in [4.69, 9.17) is 0 Å². The monoisotopic (exact) mass is 486 g/mol. The fourth-order valence-corrected chi connectivity index (χ4v) is 6.73. The van der Waals surface area contributed by atoms with E-state index in [9.17, 15) is 0 Å². The lowest BCUT2D eigenvalue weighted by Crippen LogP contribution is -2.31. The van der Waals surface area contributed by atoms with Crippen molar-refractivity contribution >= 4 is 0 Å². The maximum absolute atomic E-state index is 2.47. The van der Waals surface area contributed by atoms with E-state index in [1.54, 1.807) is 0 Å². The first kappa shape index (κ1) is 25.5. The molecule has 1 aliphatic carbocycles. The molecule has 190 valence electrons. The summed E-state index contributed by atoms with van der Waals surface area (Å²) in [4.78, 5) is 0. The predicted octanol–water partition coefficient (Wildman–Crippen LogP) is 9.97. The van der Waals surface area contributed by atoms with Gasteiger partial charge < -0.3 is 0 Å². The van der Waals surface area contributed by atoms with Gasteiger partial charge in [0.05, 0.1) is 5.41 Å². The molecule has 0 aliphatic heterocycles. The molecule has 0 aromatic heterocycles. The fourth-order valence-electron chi connectivity index (χ4n) is 6.73. The predicted molar refractivity (Wildman–Crippen MR) is 160 cm³/mol. The summed E-state index contributed by atoms with van der Waals surface area (Å²) < 4.78 is 0. The first-order valence-electron chi connectivity index (χ1n) is 14.3. The topological polar surface area (TPSA) is 0 Å². The first-order chi connectivity index (χ1) is 17.9. The molecule has 1 aliphatic rings. The molecule has 0 N–H and O–H groups in total. The van der Waals surface area contributed by atoms with Gasteiger partial charge >= 0.3 is 0 Å². The minimum Gasteiger partial charge on any atom is -0.0654 e. The van der Waals surface area contributed by atoms with Crippen LogP contribution in [-0.4, -0.2) is 0 Å². The van der Waals surface area contributed by atoms with E-state index in [-0.39, 0.29) is 5.41 Å². The SMILES string of the molecule is CCCCc1cccc(C2(c3cccc(CCCC)c3C)c3cc(C)ccc3-c3ccc(C)cc32)c1C. The van der Waals surface area contributed by atoms with E-state index in [1.165, 1.54) is 92.4 Å². The highest BCUT2D eigenvalue weighted by Gasteiger charge is 2.48. The van der Waals surface area contributed by atoms with Gasteiger partial charge in [-0.15, -0.1) is 0 Å². The second-order valence-corrected chi connectivity index (χ2v) is 11.2. The highest BCUT2D eigenvalue weighted by Crippen LogP contribution is 2.58. The molecule has 37 heavy (non-hydrogen) atoms. The standard InChI is InChI=1S/C37H42/c1-7-9-13-29-15-11-17-33(27(29)5)37(34-18-12-16-30(28(34)6)14-10-8-2)35-23-25(3)19-21-31(35)32-22-20-26(4)24-36(32)37/h11-12,15-24H,7-10,13-14H2,1-6H3. The number of rotatable bonds is 8. The molecular formula is C37H42. The van der Waals surface area contributed by atoms with Crippen LogP contribution in [0.15, 0.2) is 72.8 Å². The van der Waals surface area contributed by atoms with Gasteiger partial charge in [0.15, 0.2) is 0 Å². The molecule has 0 heteroatoms. The number of aryl methyl sites for hydroxylation is 4. The summed E-state index contributed by atoms with van der Waals surface area (Å²) in [5.41, 5.74) is 16.8. The highest BCUT2D eigenvalue weighted by molar-refractivity contribution is 5.87. The van der Waals surface area contributed by atoms with Crippen LogP contribution >= 0.6 is 0 Å². The van der Waals surface area contributed by atoms with Gasteiger partial charge in [0.1, 0.15) is 0 Å². The molecular weight excluding hydrogens is 444 g/mol. The van der Waals surface area contributed by atoms with Gasteiger partial charge in [0.2, 0.25) is 0 Å². The van der Waals surface area contributed by atoms with Crippen molar-refractivity contribution < 1.29 is 0 Å². The van der Waals surface area contributed by atoms with Crippen molar-refractivity contribution in [3.05, 3.63) is 128 Å². The molecule has 0 atom stereocenters. The van der Waals surface area contributed by atoms with Crippen molar-refractivity contribution in [2.45, 2.75) is 85.5 Å². The number of hydrogen-bond acceptors (Lipinski definition) is 0. The second-order valence-electron chi connectivity index (χ2n) is 11.2. The van der Waals surface area contributed by atoms with Crippen LogP contribution in [0.2, 0.25) is 0 Å². The van der Waals surface area contributed by atoms with Crippen molar-refractivity contribution in [1.82, 2.24) is 0 Å². The van der Waals surface area contributed by atoms with Crippen LogP contribution in [0.25, 0.3) is 11.1 Å². The summed E-state index contributed by atoms with van der Waals surface area (Å²) in [7, 11) is 0. The van der Waals surface area contributed by atoms with Crippen molar-refractivity contribution in [1.29, 1.82) is 0 Å². The second kappa shape index (κ2) is 10.3. The van der Waals surface area contributed by atoms with Crippen LogP contribution in [0.5, 0.6) is 0 Å². The first-order valence-corrected chi connectivity index (χ1v) is 14.3. The summed E-state index contributed by atoms with van der Waals surface area (Å²) in [6.45, 7) is 13.8. The van der Waals surface area contributed by atoms with Gasteiger partial charge in [-0.25, -0.2) is 0 Å². The number of unbranched alkanes of at least 4 members (excludes halogenated alkanes) is 2. The zero-order valence-corrected chi connectivity index (χ0v) is 23.7. The van der Waals surface area contributed by atoms with Crippen LogP contribution < -0.4 is 0 Å². The van der Waals surface area contributed by atoms with Crippen LogP contribution in [0.1, 0.15) is 95.2 Å². The molecule has 0 heterocycles. The zero-order valence-electron chi connectivity index (χ0n) is 23.7. The summed E-state index contributed by atoms with van der Waals surface area (Å²) in [6.07, 6.45) is 7.18. The maximum Gasteiger partial charge on any atom is 0.0719 e. The molecule has 0 radical (unpaired) electrons. The Kier molecular flexibility index (Phi) is 7.13. The zero-order chi connectivity index (χ0) is 26.2. The Labute approximate surface area is 224 Å². The minimum atomic E-state index is -0.318. The van der Waals surface area contributed by atoms with Crippen LogP contribution in [0.4, 0.5) is 0 Å². The molecule has 4 aromatic rings.